The Morgan fingerprint density at radius 1 is 1.36 bits per heavy atom. The molecular weight excluding hydrogens is 334 g/mol. The summed E-state index contributed by atoms with van der Waals surface area (Å²) >= 11 is 1.49. The van der Waals surface area contributed by atoms with Gasteiger partial charge < -0.3 is 14.0 Å². The van der Waals surface area contributed by atoms with Gasteiger partial charge in [-0.3, -0.25) is 4.79 Å². The minimum absolute atomic E-state index is 0.179. The Morgan fingerprint density at radius 2 is 2.20 bits per heavy atom. The molecule has 0 spiro atoms. The van der Waals surface area contributed by atoms with Gasteiger partial charge in [0.2, 0.25) is 5.91 Å². The van der Waals surface area contributed by atoms with Gasteiger partial charge in [-0.05, 0) is 38.8 Å². The second-order valence-corrected chi connectivity index (χ2v) is 7.84. The maximum absolute atomic E-state index is 13.0. The molecule has 0 N–H and O–H groups in total. The van der Waals surface area contributed by atoms with E-state index < -0.39 is 0 Å². The standard InChI is InChI=1S/C18H27N5OS/c1-14(2)23-13-19-20-18(23)25-12-17(24)22-11-6-4-5-8-16(22)15-9-7-10-21(15)3/h7,9-10,13-14,16H,4-6,8,11-12H2,1-3H3. The van der Waals surface area contributed by atoms with Crippen molar-refractivity contribution in [3.63, 3.8) is 0 Å². The number of hydrogen-bond donors (Lipinski definition) is 0. The second kappa shape index (κ2) is 8.08. The van der Waals surface area contributed by atoms with E-state index in [1.54, 1.807) is 6.33 Å². The molecule has 3 rings (SSSR count). The van der Waals surface area contributed by atoms with E-state index in [4.69, 9.17) is 0 Å². The molecule has 1 aliphatic heterocycles. The molecule has 7 heteroatoms. The molecule has 0 bridgehead atoms. The highest BCUT2D eigenvalue weighted by molar-refractivity contribution is 7.99. The van der Waals surface area contributed by atoms with Crippen molar-refractivity contribution in [3.8, 4) is 0 Å². The number of nitrogens with zero attached hydrogens (tertiary/aromatic N) is 5. The summed E-state index contributed by atoms with van der Waals surface area (Å²) in [7, 11) is 2.06. The summed E-state index contributed by atoms with van der Waals surface area (Å²) in [6.45, 7) is 5.02. The summed E-state index contributed by atoms with van der Waals surface area (Å²) in [6.07, 6.45) is 8.28. The third kappa shape index (κ3) is 4.08. The molecule has 2 aromatic rings. The molecule has 1 amide bonds. The van der Waals surface area contributed by atoms with Crippen LogP contribution in [0.4, 0.5) is 0 Å². The van der Waals surface area contributed by atoms with Gasteiger partial charge in [-0.2, -0.15) is 0 Å². The lowest BCUT2D eigenvalue weighted by Gasteiger charge is -2.30. The van der Waals surface area contributed by atoms with Gasteiger partial charge in [-0.15, -0.1) is 10.2 Å². The zero-order valence-electron chi connectivity index (χ0n) is 15.3. The van der Waals surface area contributed by atoms with Crippen LogP contribution in [0.3, 0.4) is 0 Å². The number of rotatable bonds is 5. The van der Waals surface area contributed by atoms with E-state index >= 15 is 0 Å². The Labute approximate surface area is 153 Å². The van der Waals surface area contributed by atoms with Crippen LogP contribution in [0.25, 0.3) is 0 Å². The van der Waals surface area contributed by atoms with E-state index in [0.717, 1.165) is 24.5 Å². The first-order valence-electron chi connectivity index (χ1n) is 9.01. The Bertz CT molecular complexity index is 708. The van der Waals surface area contributed by atoms with Crippen molar-refractivity contribution in [3.05, 3.63) is 30.4 Å². The molecule has 1 fully saturated rings. The van der Waals surface area contributed by atoms with Crippen LogP contribution in [-0.2, 0) is 11.8 Å². The number of carbonyl (C=O) groups excluding carboxylic acids is 1. The maximum atomic E-state index is 13.0. The predicted octanol–water partition coefficient (Wildman–Crippen LogP) is 3.43. The fourth-order valence-electron chi connectivity index (χ4n) is 3.43. The lowest BCUT2D eigenvalue weighted by molar-refractivity contribution is -0.130. The number of amides is 1. The molecule has 3 heterocycles. The van der Waals surface area contributed by atoms with Gasteiger partial charge in [0.1, 0.15) is 6.33 Å². The van der Waals surface area contributed by atoms with E-state index in [-0.39, 0.29) is 11.9 Å². The van der Waals surface area contributed by atoms with Crippen molar-refractivity contribution in [1.82, 2.24) is 24.2 Å². The first-order chi connectivity index (χ1) is 12.1. The minimum Gasteiger partial charge on any atom is -0.353 e. The molecule has 1 atom stereocenters. The van der Waals surface area contributed by atoms with Crippen molar-refractivity contribution in [2.24, 2.45) is 7.05 Å². The van der Waals surface area contributed by atoms with Crippen LogP contribution in [0.2, 0.25) is 0 Å². The van der Waals surface area contributed by atoms with Crippen LogP contribution in [0.15, 0.2) is 29.8 Å². The van der Waals surface area contributed by atoms with E-state index in [2.05, 4.69) is 58.9 Å². The number of hydrogen-bond acceptors (Lipinski definition) is 4. The molecule has 1 aliphatic rings. The second-order valence-electron chi connectivity index (χ2n) is 6.90. The van der Waals surface area contributed by atoms with Crippen LogP contribution < -0.4 is 0 Å². The molecular formula is C18H27N5OS. The molecule has 0 aliphatic carbocycles. The van der Waals surface area contributed by atoms with Crippen LogP contribution in [0.1, 0.15) is 57.3 Å². The normalized spacial score (nSPS) is 18.6. The third-order valence-corrected chi connectivity index (χ3v) is 5.76. The zero-order chi connectivity index (χ0) is 17.8. The first kappa shape index (κ1) is 18.0. The summed E-state index contributed by atoms with van der Waals surface area (Å²) < 4.78 is 4.15. The fraction of sp³-hybridized carbons (Fsp3) is 0.611. The average molecular weight is 362 g/mol. The summed E-state index contributed by atoms with van der Waals surface area (Å²) in [5, 5.41) is 8.95. The third-order valence-electron chi connectivity index (χ3n) is 4.82. The van der Waals surface area contributed by atoms with Gasteiger partial charge >= 0.3 is 0 Å². The molecule has 1 unspecified atom stereocenters. The summed E-state index contributed by atoms with van der Waals surface area (Å²) in [5.41, 5.74) is 1.23. The molecule has 136 valence electrons. The molecule has 25 heavy (non-hydrogen) atoms. The van der Waals surface area contributed by atoms with Crippen molar-refractivity contribution in [2.75, 3.05) is 12.3 Å². The highest BCUT2D eigenvalue weighted by atomic mass is 32.2. The molecule has 6 nitrogen and oxygen atoms in total. The lowest BCUT2D eigenvalue weighted by Crippen LogP contribution is -2.36. The average Bonchev–Trinajstić information content (AvgIpc) is 3.15. The van der Waals surface area contributed by atoms with Crippen molar-refractivity contribution in [1.29, 1.82) is 0 Å². The van der Waals surface area contributed by atoms with E-state index in [0.29, 0.717) is 11.8 Å². The highest BCUT2D eigenvalue weighted by Gasteiger charge is 2.28. The van der Waals surface area contributed by atoms with E-state index in [1.165, 1.54) is 30.3 Å². The predicted molar refractivity (Wildman–Crippen MR) is 99.5 cm³/mol. The SMILES string of the molecule is CC(C)n1cnnc1SCC(=O)N1CCCCCC1c1cccn1C. The Kier molecular flexibility index (Phi) is 5.83. The Morgan fingerprint density at radius 3 is 2.92 bits per heavy atom. The summed E-state index contributed by atoms with van der Waals surface area (Å²) in [6, 6.07) is 4.67. The van der Waals surface area contributed by atoms with Crippen LogP contribution in [0, 0.1) is 0 Å². The Balaban J connectivity index is 1.72. The van der Waals surface area contributed by atoms with Crippen LogP contribution in [0.5, 0.6) is 0 Å². The summed E-state index contributed by atoms with van der Waals surface area (Å²) in [4.78, 5) is 15.1. The number of likely N-dealkylation sites (tertiary alicyclic amines) is 1. The lowest BCUT2D eigenvalue weighted by atomic mass is 10.1. The molecule has 0 saturated carbocycles. The molecule has 2 aromatic heterocycles. The first-order valence-corrected chi connectivity index (χ1v) is 9.99. The van der Waals surface area contributed by atoms with Gasteiger partial charge in [0, 0.05) is 31.5 Å². The number of aromatic nitrogens is 4. The Hall–Kier alpha value is -1.76. The number of aryl methyl sites for hydroxylation is 1. The fourth-order valence-corrected chi connectivity index (χ4v) is 4.36. The van der Waals surface area contributed by atoms with Crippen LogP contribution >= 0.6 is 11.8 Å². The molecule has 0 radical (unpaired) electrons. The van der Waals surface area contributed by atoms with Crippen molar-refractivity contribution < 1.29 is 4.79 Å². The smallest absolute Gasteiger partial charge is 0.233 e. The van der Waals surface area contributed by atoms with Crippen molar-refractivity contribution in [2.45, 2.75) is 56.8 Å². The quantitative estimate of drug-likeness (QED) is 0.766. The largest absolute Gasteiger partial charge is 0.353 e. The minimum atomic E-state index is 0.179. The highest BCUT2D eigenvalue weighted by Crippen LogP contribution is 2.31. The number of thioether (sulfide) groups is 1. The van der Waals surface area contributed by atoms with E-state index in [1.807, 2.05) is 4.57 Å². The zero-order valence-corrected chi connectivity index (χ0v) is 16.1. The maximum Gasteiger partial charge on any atom is 0.233 e. The topological polar surface area (TPSA) is 56.0 Å². The van der Waals surface area contributed by atoms with Crippen LogP contribution in [-0.4, -0.2) is 42.4 Å². The summed E-state index contributed by atoms with van der Waals surface area (Å²) in [5.74, 6) is 0.600. The molecule has 0 aromatic carbocycles. The van der Waals surface area contributed by atoms with Gasteiger partial charge in [0.05, 0.1) is 11.8 Å². The van der Waals surface area contributed by atoms with Gasteiger partial charge in [-0.25, -0.2) is 0 Å². The molecule has 1 saturated heterocycles. The van der Waals surface area contributed by atoms with Gasteiger partial charge in [0.15, 0.2) is 5.16 Å². The van der Waals surface area contributed by atoms with Gasteiger partial charge in [0.25, 0.3) is 0 Å². The number of carbonyl (C=O) groups is 1. The van der Waals surface area contributed by atoms with E-state index in [9.17, 15) is 4.79 Å². The van der Waals surface area contributed by atoms with Crippen molar-refractivity contribution >= 4 is 17.7 Å². The van der Waals surface area contributed by atoms with Gasteiger partial charge in [-0.1, -0.05) is 24.6 Å². The monoisotopic (exact) mass is 361 g/mol.